The minimum atomic E-state index is -0.793. The first-order valence-corrected chi connectivity index (χ1v) is 6.97. The van der Waals surface area contributed by atoms with Crippen LogP contribution in [-0.2, 0) is 9.59 Å². The molecule has 5 heteroatoms. The van der Waals surface area contributed by atoms with Crippen LogP contribution < -0.4 is 10.6 Å². The lowest BCUT2D eigenvalue weighted by Crippen LogP contribution is -2.29. The largest absolute Gasteiger partial charge is 0.508 e. The fourth-order valence-corrected chi connectivity index (χ4v) is 1.91. The van der Waals surface area contributed by atoms with Crippen LogP contribution in [0.2, 0.25) is 0 Å². The SMILES string of the molecule is CC(C)c1ccc(NC(=O)C(=O)Nc2cccc(O)c2)cc1. The molecule has 0 radical (unpaired) electrons. The van der Waals surface area contributed by atoms with Crippen LogP contribution in [0, 0.1) is 0 Å². The Balaban J connectivity index is 1.98. The summed E-state index contributed by atoms with van der Waals surface area (Å²) in [6.07, 6.45) is 0. The Hall–Kier alpha value is -2.82. The molecule has 5 nitrogen and oxygen atoms in total. The fraction of sp³-hybridized carbons (Fsp3) is 0.176. The zero-order valence-corrected chi connectivity index (χ0v) is 12.5. The van der Waals surface area contributed by atoms with E-state index < -0.39 is 11.8 Å². The first-order chi connectivity index (χ1) is 10.5. The van der Waals surface area contributed by atoms with Crippen molar-refractivity contribution < 1.29 is 14.7 Å². The molecule has 22 heavy (non-hydrogen) atoms. The van der Waals surface area contributed by atoms with Crippen molar-refractivity contribution in [3.05, 3.63) is 54.1 Å². The molecule has 114 valence electrons. The Bertz CT molecular complexity index is 679. The third kappa shape index (κ3) is 4.09. The van der Waals surface area contributed by atoms with Crippen LogP contribution in [-0.4, -0.2) is 16.9 Å². The quantitative estimate of drug-likeness (QED) is 0.762. The number of benzene rings is 2. The van der Waals surface area contributed by atoms with Crippen molar-refractivity contribution in [3.63, 3.8) is 0 Å². The van der Waals surface area contributed by atoms with Gasteiger partial charge in [-0.2, -0.15) is 0 Å². The van der Waals surface area contributed by atoms with Gasteiger partial charge in [0, 0.05) is 17.4 Å². The summed E-state index contributed by atoms with van der Waals surface area (Å²) in [5.41, 5.74) is 2.07. The first kappa shape index (κ1) is 15.6. The number of phenolic OH excluding ortho intramolecular Hbond substituents is 1. The molecule has 0 atom stereocenters. The van der Waals surface area contributed by atoms with E-state index in [2.05, 4.69) is 24.5 Å². The minimum Gasteiger partial charge on any atom is -0.508 e. The van der Waals surface area contributed by atoms with Gasteiger partial charge in [0.05, 0.1) is 0 Å². The lowest BCUT2D eigenvalue weighted by molar-refractivity contribution is -0.132. The predicted molar refractivity (Wildman–Crippen MR) is 85.9 cm³/mol. The van der Waals surface area contributed by atoms with Crippen molar-refractivity contribution in [3.8, 4) is 5.75 Å². The molecule has 2 rings (SSSR count). The molecule has 2 aromatic rings. The van der Waals surface area contributed by atoms with Crippen LogP contribution in [0.25, 0.3) is 0 Å². The Morgan fingerprint density at radius 1 is 0.909 bits per heavy atom. The molecule has 0 saturated carbocycles. The van der Waals surface area contributed by atoms with Crippen molar-refractivity contribution in [2.24, 2.45) is 0 Å². The molecule has 0 spiro atoms. The standard InChI is InChI=1S/C17H18N2O3/c1-11(2)12-6-8-13(9-7-12)18-16(21)17(22)19-14-4-3-5-15(20)10-14/h3-11,20H,1-2H3,(H,18,21)(H,19,22). The molecule has 0 aliphatic rings. The molecule has 0 aromatic heterocycles. The van der Waals surface area contributed by atoms with Gasteiger partial charge in [0.2, 0.25) is 0 Å². The van der Waals surface area contributed by atoms with Crippen LogP contribution in [0.1, 0.15) is 25.3 Å². The van der Waals surface area contributed by atoms with Crippen molar-refractivity contribution in [2.45, 2.75) is 19.8 Å². The van der Waals surface area contributed by atoms with Crippen molar-refractivity contribution >= 4 is 23.2 Å². The molecule has 0 saturated heterocycles. The average Bonchev–Trinajstić information content (AvgIpc) is 2.47. The lowest BCUT2D eigenvalue weighted by Gasteiger charge is -2.09. The average molecular weight is 298 g/mol. The molecule has 0 fully saturated rings. The third-order valence-corrected chi connectivity index (χ3v) is 3.15. The van der Waals surface area contributed by atoms with Gasteiger partial charge in [-0.25, -0.2) is 0 Å². The van der Waals surface area contributed by atoms with E-state index in [9.17, 15) is 14.7 Å². The zero-order valence-electron chi connectivity index (χ0n) is 12.5. The van der Waals surface area contributed by atoms with E-state index in [0.29, 0.717) is 17.3 Å². The van der Waals surface area contributed by atoms with Gasteiger partial charge in [-0.05, 0) is 35.7 Å². The van der Waals surface area contributed by atoms with E-state index in [4.69, 9.17) is 0 Å². The van der Waals surface area contributed by atoms with Crippen LogP contribution >= 0.6 is 0 Å². The number of carbonyl (C=O) groups is 2. The topological polar surface area (TPSA) is 78.4 Å². The highest BCUT2D eigenvalue weighted by atomic mass is 16.3. The number of amides is 2. The van der Waals surface area contributed by atoms with E-state index in [1.807, 2.05) is 12.1 Å². The summed E-state index contributed by atoms with van der Waals surface area (Å²) in [7, 11) is 0. The molecule has 3 N–H and O–H groups in total. The van der Waals surface area contributed by atoms with E-state index in [1.54, 1.807) is 24.3 Å². The number of carbonyl (C=O) groups excluding carboxylic acids is 2. The predicted octanol–water partition coefficient (Wildman–Crippen LogP) is 3.09. The van der Waals surface area contributed by atoms with E-state index in [1.165, 1.54) is 12.1 Å². The van der Waals surface area contributed by atoms with Gasteiger partial charge in [0.1, 0.15) is 5.75 Å². The van der Waals surface area contributed by atoms with Gasteiger partial charge in [-0.15, -0.1) is 0 Å². The molecular formula is C17H18N2O3. The summed E-state index contributed by atoms with van der Waals surface area (Å²) in [5.74, 6) is -1.14. The highest BCUT2D eigenvalue weighted by molar-refractivity contribution is 6.43. The molecule has 0 aliphatic carbocycles. The summed E-state index contributed by atoms with van der Waals surface area (Å²) in [4.78, 5) is 23.6. The van der Waals surface area contributed by atoms with Gasteiger partial charge in [0.25, 0.3) is 0 Å². The summed E-state index contributed by atoms with van der Waals surface area (Å²) < 4.78 is 0. The zero-order chi connectivity index (χ0) is 16.1. The number of nitrogens with one attached hydrogen (secondary N) is 2. The van der Waals surface area contributed by atoms with Gasteiger partial charge < -0.3 is 15.7 Å². The highest BCUT2D eigenvalue weighted by Gasteiger charge is 2.14. The molecule has 2 amide bonds. The van der Waals surface area contributed by atoms with Crippen LogP contribution in [0.4, 0.5) is 11.4 Å². The van der Waals surface area contributed by atoms with Crippen molar-refractivity contribution in [1.29, 1.82) is 0 Å². The van der Waals surface area contributed by atoms with Gasteiger partial charge in [0.15, 0.2) is 0 Å². The maximum Gasteiger partial charge on any atom is 0.314 e. The number of rotatable bonds is 3. The summed E-state index contributed by atoms with van der Waals surface area (Å²) in [6, 6.07) is 13.3. The maximum absolute atomic E-state index is 11.8. The fourth-order valence-electron chi connectivity index (χ4n) is 1.91. The molecule has 0 bridgehead atoms. The molecule has 2 aromatic carbocycles. The second kappa shape index (κ2) is 6.76. The van der Waals surface area contributed by atoms with Gasteiger partial charge in [-0.3, -0.25) is 9.59 Å². The Morgan fingerprint density at radius 3 is 2.05 bits per heavy atom. The summed E-state index contributed by atoms with van der Waals surface area (Å²) in [5, 5.41) is 14.3. The van der Waals surface area contributed by atoms with Crippen LogP contribution in [0.15, 0.2) is 48.5 Å². The molecule has 0 heterocycles. The Kier molecular flexibility index (Phi) is 4.78. The highest BCUT2D eigenvalue weighted by Crippen LogP contribution is 2.18. The summed E-state index contributed by atoms with van der Waals surface area (Å²) in [6.45, 7) is 4.16. The Morgan fingerprint density at radius 2 is 1.50 bits per heavy atom. The molecule has 0 unspecified atom stereocenters. The van der Waals surface area contributed by atoms with E-state index in [-0.39, 0.29) is 5.75 Å². The number of hydrogen-bond donors (Lipinski definition) is 3. The minimum absolute atomic E-state index is 0.0162. The van der Waals surface area contributed by atoms with E-state index >= 15 is 0 Å². The first-order valence-electron chi connectivity index (χ1n) is 6.97. The smallest absolute Gasteiger partial charge is 0.314 e. The number of anilines is 2. The number of hydrogen-bond acceptors (Lipinski definition) is 3. The number of aromatic hydroxyl groups is 1. The van der Waals surface area contributed by atoms with E-state index in [0.717, 1.165) is 5.56 Å². The molecular weight excluding hydrogens is 280 g/mol. The second-order valence-electron chi connectivity index (χ2n) is 5.24. The van der Waals surface area contributed by atoms with Crippen molar-refractivity contribution in [1.82, 2.24) is 0 Å². The maximum atomic E-state index is 11.8. The monoisotopic (exact) mass is 298 g/mol. The second-order valence-corrected chi connectivity index (χ2v) is 5.24. The Labute approximate surface area is 129 Å². The van der Waals surface area contributed by atoms with Crippen molar-refractivity contribution in [2.75, 3.05) is 10.6 Å². The van der Waals surface area contributed by atoms with Crippen LogP contribution in [0.5, 0.6) is 5.75 Å². The normalized spacial score (nSPS) is 10.3. The summed E-state index contributed by atoms with van der Waals surface area (Å²) >= 11 is 0. The third-order valence-electron chi connectivity index (χ3n) is 3.15. The molecule has 0 aliphatic heterocycles. The van der Waals surface area contributed by atoms with Gasteiger partial charge in [-0.1, -0.05) is 32.0 Å². The number of phenols is 1. The lowest BCUT2D eigenvalue weighted by atomic mass is 10.0. The van der Waals surface area contributed by atoms with Crippen LogP contribution in [0.3, 0.4) is 0 Å². The van der Waals surface area contributed by atoms with Gasteiger partial charge >= 0.3 is 11.8 Å².